The molecule has 32 heavy (non-hydrogen) atoms. The molecule has 0 saturated heterocycles. The molecule has 4 aliphatic rings. The van der Waals surface area contributed by atoms with Crippen LogP contribution in [-0.2, 0) is 4.79 Å². The molecule has 7 heteroatoms. The van der Waals surface area contributed by atoms with Crippen molar-refractivity contribution in [3.63, 3.8) is 0 Å². The van der Waals surface area contributed by atoms with Crippen LogP contribution in [0.15, 0.2) is 27.6 Å². The van der Waals surface area contributed by atoms with Crippen LogP contribution < -0.4 is 10.9 Å². The van der Waals surface area contributed by atoms with Crippen LogP contribution in [0.4, 0.5) is 0 Å². The Labute approximate surface area is 187 Å². The maximum atomic E-state index is 13.5. The number of rotatable bonds is 5. The Kier molecular flexibility index (Phi) is 4.37. The van der Waals surface area contributed by atoms with Gasteiger partial charge in [-0.05, 0) is 82.0 Å². The number of nitrogens with one attached hydrogen (secondary N) is 1. The summed E-state index contributed by atoms with van der Waals surface area (Å²) in [7, 11) is 0. The summed E-state index contributed by atoms with van der Waals surface area (Å²) in [6.45, 7) is 5.99. The van der Waals surface area contributed by atoms with E-state index in [0.717, 1.165) is 23.3 Å². The largest absolute Gasteiger partial charge is 0.463 e. The minimum Gasteiger partial charge on any atom is -0.463 e. The highest BCUT2D eigenvalue weighted by molar-refractivity contribution is 5.83. The molecule has 2 atom stereocenters. The minimum absolute atomic E-state index is 0.0932. The number of carbonyl (C=O) groups excluding carboxylic acids is 1. The summed E-state index contributed by atoms with van der Waals surface area (Å²) >= 11 is 0. The van der Waals surface area contributed by atoms with Crippen molar-refractivity contribution >= 4 is 22.5 Å². The molecule has 0 spiro atoms. The number of fused-ring (bicyclic) bond motifs is 3. The van der Waals surface area contributed by atoms with E-state index in [2.05, 4.69) is 17.3 Å². The summed E-state index contributed by atoms with van der Waals surface area (Å²) in [5.41, 5.74) is 1.94. The topological polar surface area (TPSA) is 81.5 Å². The van der Waals surface area contributed by atoms with E-state index in [-0.39, 0.29) is 22.9 Å². The van der Waals surface area contributed by atoms with Crippen LogP contribution in [0.25, 0.3) is 16.6 Å². The molecule has 0 aliphatic heterocycles. The van der Waals surface area contributed by atoms with E-state index >= 15 is 0 Å². The Morgan fingerprint density at radius 3 is 2.50 bits per heavy atom. The van der Waals surface area contributed by atoms with Crippen LogP contribution in [0.1, 0.15) is 70.7 Å². The van der Waals surface area contributed by atoms with Crippen LogP contribution in [0.3, 0.4) is 0 Å². The first-order valence-electron chi connectivity index (χ1n) is 12.2. The van der Waals surface area contributed by atoms with Crippen molar-refractivity contribution in [2.45, 2.75) is 77.8 Å². The number of hydrogen-bond acceptors (Lipinski definition) is 4. The minimum atomic E-state index is -0.622. The molecule has 4 aliphatic carbocycles. The molecule has 3 aromatic rings. The highest BCUT2D eigenvalue weighted by atomic mass is 16.3. The molecule has 3 heterocycles. The highest BCUT2D eigenvalue weighted by Crippen LogP contribution is 2.61. The highest BCUT2D eigenvalue weighted by Gasteiger charge is 2.53. The third kappa shape index (κ3) is 2.82. The van der Waals surface area contributed by atoms with Gasteiger partial charge in [0.25, 0.3) is 5.56 Å². The summed E-state index contributed by atoms with van der Waals surface area (Å²) in [4.78, 5) is 26.8. The third-order valence-electron chi connectivity index (χ3n) is 8.77. The van der Waals surface area contributed by atoms with Gasteiger partial charge in [0.1, 0.15) is 17.4 Å². The monoisotopic (exact) mass is 436 g/mol. The molecule has 4 bridgehead atoms. The summed E-state index contributed by atoms with van der Waals surface area (Å²) in [5.74, 6) is 3.08. The van der Waals surface area contributed by atoms with Crippen molar-refractivity contribution < 1.29 is 9.21 Å². The molecule has 1 amide bonds. The van der Waals surface area contributed by atoms with Gasteiger partial charge in [-0.25, -0.2) is 4.68 Å². The molecule has 3 aromatic heterocycles. The smallest absolute Gasteiger partial charge is 0.291 e. The van der Waals surface area contributed by atoms with Crippen LogP contribution in [0.5, 0.6) is 0 Å². The number of furan rings is 1. The van der Waals surface area contributed by atoms with Crippen LogP contribution in [-0.4, -0.2) is 26.1 Å². The van der Waals surface area contributed by atoms with E-state index < -0.39 is 6.04 Å². The third-order valence-corrected chi connectivity index (χ3v) is 8.77. The van der Waals surface area contributed by atoms with Gasteiger partial charge in [0.2, 0.25) is 5.91 Å². The van der Waals surface area contributed by atoms with Crippen molar-refractivity contribution in [2.24, 2.45) is 23.2 Å². The van der Waals surface area contributed by atoms with Gasteiger partial charge in [-0.15, -0.1) is 0 Å². The quantitative estimate of drug-likeness (QED) is 0.649. The normalized spacial score (nSPS) is 30.8. The van der Waals surface area contributed by atoms with Crippen molar-refractivity contribution in [3.8, 4) is 0 Å². The molecule has 0 radical (unpaired) electrons. The van der Waals surface area contributed by atoms with E-state index in [1.807, 2.05) is 19.9 Å². The van der Waals surface area contributed by atoms with Crippen molar-refractivity contribution in [1.29, 1.82) is 0 Å². The molecule has 170 valence electrons. The van der Waals surface area contributed by atoms with Gasteiger partial charge in [-0.1, -0.05) is 6.92 Å². The average molecular weight is 437 g/mol. The Morgan fingerprint density at radius 2 is 1.88 bits per heavy atom. The van der Waals surface area contributed by atoms with E-state index in [4.69, 9.17) is 4.42 Å². The van der Waals surface area contributed by atoms with Gasteiger partial charge in [0.05, 0.1) is 11.8 Å². The SMILES string of the molecule is CC[C@@H](C(=O)N[C@@H](C)C12CC3CC(CC(C3)C1)C2)n1nc(C)n2c(cc3occc32)c1=O. The second kappa shape index (κ2) is 6.96. The maximum Gasteiger partial charge on any atom is 0.291 e. The predicted octanol–water partition coefficient (Wildman–Crippen LogP) is 4.22. The standard InChI is InChI=1S/C25H32N4O3/c1-4-19(29-24(31)21-10-22-20(5-6-32-22)28(21)15(3)27-29)23(30)26-14(2)25-11-16-7-17(12-25)9-18(8-16)13-25/h5-6,10,14,16-19H,4,7-9,11-13H2,1-3H3,(H,26,30)/t14-,16?,17?,18?,19-,25?/m0/s1. The van der Waals surface area contributed by atoms with Gasteiger partial charge >= 0.3 is 0 Å². The van der Waals surface area contributed by atoms with Crippen LogP contribution >= 0.6 is 0 Å². The van der Waals surface area contributed by atoms with Crippen molar-refractivity contribution in [2.75, 3.05) is 0 Å². The lowest BCUT2D eigenvalue weighted by Gasteiger charge is -2.59. The second-order valence-electron chi connectivity index (χ2n) is 10.8. The Morgan fingerprint density at radius 1 is 1.22 bits per heavy atom. The molecular weight excluding hydrogens is 404 g/mol. The number of amides is 1. The fraction of sp³-hybridized carbons (Fsp3) is 0.640. The average Bonchev–Trinajstić information content (AvgIpc) is 3.32. The predicted molar refractivity (Wildman–Crippen MR) is 121 cm³/mol. The first-order chi connectivity index (χ1) is 15.4. The molecule has 4 fully saturated rings. The fourth-order valence-corrected chi connectivity index (χ4v) is 7.65. The number of hydrogen-bond donors (Lipinski definition) is 1. The lowest BCUT2D eigenvalue weighted by atomic mass is 9.48. The first kappa shape index (κ1) is 20.1. The van der Waals surface area contributed by atoms with Crippen LogP contribution in [0.2, 0.25) is 0 Å². The van der Waals surface area contributed by atoms with Crippen molar-refractivity contribution in [1.82, 2.24) is 19.5 Å². The lowest BCUT2D eigenvalue weighted by Crippen LogP contribution is -2.56. The molecular formula is C25H32N4O3. The number of aryl methyl sites for hydroxylation is 1. The molecule has 0 unspecified atom stereocenters. The Hall–Kier alpha value is -2.57. The lowest BCUT2D eigenvalue weighted by molar-refractivity contribution is -0.129. The summed E-state index contributed by atoms with van der Waals surface area (Å²) < 4.78 is 8.67. The summed E-state index contributed by atoms with van der Waals surface area (Å²) in [5, 5.41) is 7.90. The van der Waals surface area contributed by atoms with Gasteiger partial charge in [-0.3, -0.25) is 14.0 Å². The molecule has 1 N–H and O–H groups in total. The van der Waals surface area contributed by atoms with E-state index in [1.54, 1.807) is 16.7 Å². The summed E-state index contributed by atoms with van der Waals surface area (Å²) in [6, 6.07) is 3.07. The molecule has 7 rings (SSSR count). The fourth-order valence-electron chi connectivity index (χ4n) is 7.65. The molecule has 4 saturated carbocycles. The number of nitrogens with zero attached hydrogens (tertiary/aromatic N) is 3. The van der Waals surface area contributed by atoms with Gasteiger partial charge < -0.3 is 9.73 Å². The molecule has 0 aromatic carbocycles. The first-order valence-corrected chi connectivity index (χ1v) is 12.2. The van der Waals surface area contributed by atoms with E-state index in [1.165, 1.54) is 43.2 Å². The van der Waals surface area contributed by atoms with Gasteiger partial charge in [0.15, 0.2) is 5.58 Å². The zero-order chi connectivity index (χ0) is 22.2. The van der Waals surface area contributed by atoms with E-state index in [9.17, 15) is 9.59 Å². The van der Waals surface area contributed by atoms with E-state index in [0.29, 0.717) is 23.3 Å². The van der Waals surface area contributed by atoms with Gasteiger partial charge in [0, 0.05) is 18.2 Å². The van der Waals surface area contributed by atoms with Crippen LogP contribution in [0, 0.1) is 30.1 Å². The number of carbonyl (C=O) groups is 1. The summed E-state index contributed by atoms with van der Waals surface area (Å²) in [6.07, 6.45) is 10.00. The Bertz CT molecular complexity index is 1230. The molecule has 7 nitrogen and oxygen atoms in total. The Balaban J connectivity index is 1.30. The second-order valence-corrected chi connectivity index (χ2v) is 10.8. The number of aromatic nitrogens is 3. The zero-order valence-electron chi connectivity index (χ0n) is 19.1. The maximum absolute atomic E-state index is 13.5. The zero-order valence-corrected chi connectivity index (χ0v) is 19.1. The van der Waals surface area contributed by atoms with Gasteiger partial charge in [-0.2, -0.15) is 5.10 Å². The van der Waals surface area contributed by atoms with Crippen molar-refractivity contribution in [3.05, 3.63) is 34.6 Å².